The number of furan rings is 2. The lowest BCUT2D eigenvalue weighted by Crippen LogP contribution is -2.06. The number of rotatable bonds is 2. The summed E-state index contributed by atoms with van der Waals surface area (Å²) in [6.07, 6.45) is 3.32. The first kappa shape index (κ1) is 12.2. The van der Waals surface area contributed by atoms with Crippen molar-refractivity contribution in [2.45, 2.75) is 0 Å². The molecular weight excluding hydrogens is 204 g/mol. The van der Waals surface area contributed by atoms with Crippen LogP contribution >= 0.6 is 0 Å². The first-order valence-electron chi connectivity index (χ1n) is 5.03. The van der Waals surface area contributed by atoms with Crippen LogP contribution in [-0.4, -0.2) is 28.2 Å². The van der Waals surface area contributed by atoms with E-state index >= 15 is 0 Å². The lowest BCUT2D eigenvalue weighted by atomic mass is 10.6. The van der Waals surface area contributed by atoms with Gasteiger partial charge in [0.2, 0.25) is 0 Å². The molecule has 0 amide bonds. The number of hydrogen-bond acceptors (Lipinski definition) is 4. The van der Waals surface area contributed by atoms with Crippen molar-refractivity contribution in [3.05, 3.63) is 36.8 Å². The maximum atomic E-state index is 5.02. The molecule has 2 rings (SSSR count). The second-order valence-electron chi connectivity index (χ2n) is 3.69. The van der Waals surface area contributed by atoms with Gasteiger partial charge in [-0.2, -0.15) is 0 Å². The van der Waals surface area contributed by atoms with E-state index in [0.717, 1.165) is 11.8 Å². The van der Waals surface area contributed by atoms with Crippen molar-refractivity contribution in [3.63, 3.8) is 0 Å². The van der Waals surface area contributed by atoms with Crippen LogP contribution in [-0.2, 0) is 0 Å². The smallest absolute Gasteiger partial charge is 0.194 e. The van der Waals surface area contributed by atoms with Crippen molar-refractivity contribution in [1.82, 2.24) is 0 Å². The molecule has 2 aromatic rings. The van der Waals surface area contributed by atoms with E-state index in [9.17, 15) is 0 Å². The van der Waals surface area contributed by atoms with Crippen LogP contribution < -0.4 is 9.80 Å². The molecule has 0 aliphatic rings. The predicted octanol–water partition coefficient (Wildman–Crippen LogP) is 2.69. The van der Waals surface area contributed by atoms with Gasteiger partial charge in [0.1, 0.15) is 0 Å². The molecule has 0 fully saturated rings. The zero-order chi connectivity index (χ0) is 12.0. The average molecular weight is 222 g/mol. The van der Waals surface area contributed by atoms with Gasteiger partial charge >= 0.3 is 0 Å². The zero-order valence-electron chi connectivity index (χ0n) is 10.2. The molecule has 0 atom stereocenters. The summed E-state index contributed by atoms with van der Waals surface area (Å²) in [7, 11) is 7.77. The van der Waals surface area contributed by atoms with Crippen molar-refractivity contribution in [2.24, 2.45) is 0 Å². The van der Waals surface area contributed by atoms with E-state index in [1.165, 1.54) is 0 Å². The highest BCUT2D eigenvalue weighted by Gasteiger charge is 1.93. The van der Waals surface area contributed by atoms with Gasteiger partial charge in [-0.3, -0.25) is 0 Å². The SMILES string of the molecule is CN(C)c1ccco1.CN(C)c1ccco1. The maximum Gasteiger partial charge on any atom is 0.194 e. The molecule has 4 nitrogen and oxygen atoms in total. The van der Waals surface area contributed by atoms with E-state index in [0.29, 0.717) is 0 Å². The normalized spacial score (nSPS) is 9.25. The molecule has 88 valence electrons. The van der Waals surface area contributed by atoms with E-state index in [1.807, 2.05) is 62.3 Å². The lowest BCUT2D eigenvalue weighted by molar-refractivity contribution is 0.565. The average Bonchev–Trinajstić information content (AvgIpc) is 2.93. The standard InChI is InChI=1S/2C6H9NO/c2*1-7(2)6-4-3-5-8-6/h2*3-5H,1-2H3. The Labute approximate surface area is 96.1 Å². The Balaban J connectivity index is 0.000000160. The van der Waals surface area contributed by atoms with E-state index in [-0.39, 0.29) is 0 Å². The van der Waals surface area contributed by atoms with Gasteiger partial charge in [0.05, 0.1) is 12.5 Å². The highest BCUT2D eigenvalue weighted by atomic mass is 16.3. The topological polar surface area (TPSA) is 32.8 Å². The minimum atomic E-state index is 0.894. The van der Waals surface area contributed by atoms with Crippen molar-refractivity contribution in [3.8, 4) is 0 Å². The van der Waals surface area contributed by atoms with Crippen molar-refractivity contribution in [2.75, 3.05) is 38.0 Å². The molecule has 4 heteroatoms. The van der Waals surface area contributed by atoms with Crippen LogP contribution in [0.1, 0.15) is 0 Å². The van der Waals surface area contributed by atoms with Crippen LogP contribution in [0.2, 0.25) is 0 Å². The molecule has 0 N–H and O–H groups in total. The Morgan fingerprint density at radius 2 is 1.12 bits per heavy atom. The molecule has 0 aliphatic carbocycles. The number of anilines is 2. The van der Waals surface area contributed by atoms with Crippen LogP contribution in [0.5, 0.6) is 0 Å². The summed E-state index contributed by atoms with van der Waals surface area (Å²) in [6.45, 7) is 0. The molecule has 2 aromatic heterocycles. The molecule has 16 heavy (non-hydrogen) atoms. The van der Waals surface area contributed by atoms with Gasteiger partial charge in [-0.25, -0.2) is 0 Å². The summed E-state index contributed by atoms with van der Waals surface area (Å²) in [5.41, 5.74) is 0. The van der Waals surface area contributed by atoms with Gasteiger partial charge in [-0.15, -0.1) is 0 Å². The number of nitrogens with zero attached hydrogens (tertiary/aromatic N) is 2. The molecule has 0 aliphatic heterocycles. The van der Waals surface area contributed by atoms with Crippen LogP contribution in [0.15, 0.2) is 45.6 Å². The Kier molecular flexibility index (Phi) is 4.51. The zero-order valence-corrected chi connectivity index (χ0v) is 10.2. The van der Waals surface area contributed by atoms with Gasteiger partial charge in [0, 0.05) is 40.3 Å². The van der Waals surface area contributed by atoms with Crippen molar-refractivity contribution < 1.29 is 8.83 Å². The van der Waals surface area contributed by atoms with Crippen LogP contribution in [0.25, 0.3) is 0 Å². The van der Waals surface area contributed by atoms with Crippen LogP contribution in [0, 0.1) is 0 Å². The first-order valence-corrected chi connectivity index (χ1v) is 5.03. The minimum absolute atomic E-state index is 0.894. The summed E-state index contributed by atoms with van der Waals surface area (Å²) in [6, 6.07) is 7.57. The molecule has 0 saturated heterocycles. The van der Waals surface area contributed by atoms with Crippen LogP contribution in [0.3, 0.4) is 0 Å². The van der Waals surface area contributed by atoms with E-state index in [4.69, 9.17) is 8.83 Å². The third-order valence-corrected chi connectivity index (χ3v) is 1.89. The summed E-state index contributed by atoms with van der Waals surface area (Å²) in [4.78, 5) is 3.83. The summed E-state index contributed by atoms with van der Waals surface area (Å²) < 4.78 is 10.0. The molecule has 0 saturated carbocycles. The van der Waals surface area contributed by atoms with E-state index in [2.05, 4.69) is 0 Å². The maximum absolute atomic E-state index is 5.02. The number of hydrogen-bond donors (Lipinski definition) is 0. The molecule has 0 aromatic carbocycles. The monoisotopic (exact) mass is 222 g/mol. The molecule has 0 bridgehead atoms. The second kappa shape index (κ2) is 5.90. The van der Waals surface area contributed by atoms with Gasteiger partial charge in [-0.1, -0.05) is 0 Å². The van der Waals surface area contributed by atoms with Crippen LogP contribution in [0.4, 0.5) is 11.8 Å². The fraction of sp³-hybridized carbons (Fsp3) is 0.333. The lowest BCUT2D eigenvalue weighted by Gasteiger charge is -2.04. The minimum Gasteiger partial charge on any atom is -0.449 e. The Hall–Kier alpha value is -1.84. The van der Waals surface area contributed by atoms with Gasteiger partial charge in [0.25, 0.3) is 0 Å². The molecule has 0 unspecified atom stereocenters. The van der Waals surface area contributed by atoms with Gasteiger partial charge in [-0.05, 0) is 12.1 Å². The fourth-order valence-corrected chi connectivity index (χ4v) is 1.05. The molecule has 2 heterocycles. The summed E-state index contributed by atoms with van der Waals surface area (Å²) >= 11 is 0. The summed E-state index contributed by atoms with van der Waals surface area (Å²) in [5, 5.41) is 0. The van der Waals surface area contributed by atoms with Crippen molar-refractivity contribution >= 4 is 11.8 Å². The fourth-order valence-electron chi connectivity index (χ4n) is 1.05. The molecule has 0 spiro atoms. The largest absolute Gasteiger partial charge is 0.449 e. The molecular formula is C12H18N2O2. The third kappa shape index (κ3) is 3.73. The summed E-state index contributed by atoms with van der Waals surface area (Å²) in [5.74, 6) is 1.79. The predicted molar refractivity (Wildman–Crippen MR) is 66.1 cm³/mol. The Bertz CT molecular complexity index is 325. The highest BCUT2D eigenvalue weighted by Crippen LogP contribution is 2.09. The Morgan fingerprint density at radius 1 is 0.750 bits per heavy atom. The second-order valence-corrected chi connectivity index (χ2v) is 3.69. The Morgan fingerprint density at radius 3 is 1.25 bits per heavy atom. The highest BCUT2D eigenvalue weighted by molar-refractivity contribution is 5.31. The van der Waals surface area contributed by atoms with E-state index in [1.54, 1.807) is 12.5 Å². The first-order chi connectivity index (χ1) is 7.61. The van der Waals surface area contributed by atoms with Crippen molar-refractivity contribution in [1.29, 1.82) is 0 Å². The van der Waals surface area contributed by atoms with Gasteiger partial charge in [0.15, 0.2) is 11.8 Å². The third-order valence-electron chi connectivity index (χ3n) is 1.89. The van der Waals surface area contributed by atoms with Gasteiger partial charge < -0.3 is 18.6 Å². The molecule has 0 radical (unpaired) electrons. The quantitative estimate of drug-likeness (QED) is 0.782. The van der Waals surface area contributed by atoms with E-state index < -0.39 is 0 Å².